The highest BCUT2D eigenvalue weighted by Gasteiger charge is 2.27. The molecule has 1 saturated heterocycles. The van der Waals surface area contributed by atoms with Crippen LogP contribution >= 0.6 is 23.8 Å². The molecule has 4 aromatic rings. The highest BCUT2D eigenvalue weighted by Crippen LogP contribution is 2.28. The number of benzene rings is 2. The molecule has 1 aliphatic rings. The van der Waals surface area contributed by atoms with Gasteiger partial charge in [0, 0.05) is 29.7 Å². The normalized spacial score (nSPS) is 16.9. The van der Waals surface area contributed by atoms with Crippen LogP contribution in [0.1, 0.15) is 24.7 Å². The first-order valence-electron chi connectivity index (χ1n) is 10.7. The third kappa shape index (κ3) is 4.62. The summed E-state index contributed by atoms with van der Waals surface area (Å²) in [5, 5.41) is 9.54. The Hall–Kier alpha value is -2.88. The first-order chi connectivity index (χ1) is 16.0. The summed E-state index contributed by atoms with van der Waals surface area (Å²) in [6.07, 6.45) is 1.97. The van der Waals surface area contributed by atoms with Crippen molar-refractivity contribution in [3.05, 3.63) is 70.0 Å². The maximum atomic E-state index is 13.2. The van der Waals surface area contributed by atoms with Crippen molar-refractivity contribution in [2.75, 3.05) is 13.1 Å². The molecule has 0 bridgehead atoms. The van der Waals surface area contributed by atoms with Crippen LogP contribution in [0, 0.1) is 10.6 Å². The van der Waals surface area contributed by atoms with E-state index in [1.54, 1.807) is 12.1 Å². The number of hydrogen-bond donors (Lipinski definition) is 0. The van der Waals surface area contributed by atoms with E-state index in [4.69, 9.17) is 33.4 Å². The van der Waals surface area contributed by atoms with Gasteiger partial charge in [-0.1, -0.05) is 16.8 Å². The molecular weight excluding hydrogens is 463 g/mol. The second-order valence-corrected chi connectivity index (χ2v) is 8.99. The molecule has 0 radical (unpaired) electrons. The van der Waals surface area contributed by atoms with Crippen LogP contribution in [0.15, 0.2) is 53.1 Å². The average Bonchev–Trinajstić information content (AvgIpc) is 3.42. The quantitative estimate of drug-likeness (QED) is 0.358. The third-order valence-corrected chi connectivity index (χ3v) is 6.61. The topological polar surface area (TPSA) is 64.9 Å². The fourth-order valence-corrected chi connectivity index (χ4v) is 4.43. The molecule has 0 amide bonds. The SMILES string of the molecule is Cn1c(-c2ccc(Cl)cc2)nn(CN2CCC[C@H](c3nc(-c4ccc(F)cc4)no3)C2)c1=S. The number of halogens is 2. The molecule has 1 fully saturated rings. The van der Waals surface area contributed by atoms with Gasteiger partial charge in [0.05, 0.1) is 12.6 Å². The lowest BCUT2D eigenvalue weighted by Gasteiger charge is -2.30. The number of rotatable bonds is 5. The molecule has 33 heavy (non-hydrogen) atoms. The molecule has 0 saturated carbocycles. The van der Waals surface area contributed by atoms with Crippen molar-refractivity contribution in [1.29, 1.82) is 0 Å². The van der Waals surface area contributed by atoms with E-state index in [-0.39, 0.29) is 11.7 Å². The van der Waals surface area contributed by atoms with Crippen LogP contribution in [0.3, 0.4) is 0 Å². The van der Waals surface area contributed by atoms with Gasteiger partial charge >= 0.3 is 0 Å². The van der Waals surface area contributed by atoms with Crippen LogP contribution in [0.4, 0.5) is 4.39 Å². The van der Waals surface area contributed by atoms with Crippen LogP contribution in [-0.4, -0.2) is 42.5 Å². The van der Waals surface area contributed by atoms with Crippen LogP contribution in [0.5, 0.6) is 0 Å². The summed E-state index contributed by atoms with van der Waals surface area (Å²) in [6.45, 7) is 2.28. The minimum atomic E-state index is -0.294. The molecule has 3 heterocycles. The predicted octanol–water partition coefficient (Wildman–Crippen LogP) is 5.30. The number of aromatic nitrogens is 5. The first kappa shape index (κ1) is 21.9. The molecule has 1 atom stereocenters. The van der Waals surface area contributed by atoms with E-state index < -0.39 is 0 Å². The summed E-state index contributed by atoms with van der Waals surface area (Å²) in [6, 6.07) is 13.7. The van der Waals surface area contributed by atoms with E-state index in [0.29, 0.717) is 28.2 Å². The van der Waals surface area contributed by atoms with E-state index in [2.05, 4.69) is 15.0 Å². The average molecular weight is 485 g/mol. The third-order valence-electron chi connectivity index (χ3n) is 5.88. The van der Waals surface area contributed by atoms with Gasteiger partial charge in [0.15, 0.2) is 10.6 Å². The van der Waals surface area contributed by atoms with Crippen molar-refractivity contribution >= 4 is 23.8 Å². The maximum Gasteiger partial charge on any atom is 0.231 e. The Morgan fingerprint density at radius 3 is 2.61 bits per heavy atom. The standard InChI is InChI=1S/C23H22ClFN6OS/c1-29-21(16-4-8-18(24)9-5-16)27-31(23(29)33)14-30-12-2-3-17(13-30)22-26-20(28-32-22)15-6-10-19(25)11-7-15/h4-11,17H,2-3,12-14H2,1H3/t17-/m0/s1. The molecule has 5 rings (SSSR count). The zero-order valence-electron chi connectivity index (χ0n) is 18.0. The lowest BCUT2D eigenvalue weighted by atomic mass is 9.98. The Morgan fingerprint density at radius 2 is 1.85 bits per heavy atom. The van der Waals surface area contributed by atoms with Crippen LogP contribution in [-0.2, 0) is 13.7 Å². The second kappa shape index (κ2) is 9.17. The molecule has 1 aliphatic heterocycles. The summed E-state index contributed by atoms with van der Waals surface area (Å²) in [5.41, 5.74) is 1.69. The summed E-state index contributed by atoms with van der Waals surface area (Å²) < 4.78 is 23.2. The van der Waals surface area contributed by atoms with Gasteiger partial charge in [-0.2, -0.15) is 10.1 Å². The number of likely N-dealkylation sites (tertiary alicyclic amines) is 1. The zero-order valence-corrected chi connectivity index (χ0v) is 19.6. The number of nitrogens with zero attached hydrogens (tertiary/aromatic N) is 6. The van der Waals surface area contributed by atoms with Gasteiger partial charge in [-0.05, 0) is 80.1 Å². The largest absolute Gasteiger partial charge is 0.339 e. The molecule has 0 aliphatic carbocycles. The predicted molar refractivity (Wildman–Crippen MR) is 126 cm³/mol. The number of hydrogen-bond acceptors (Lipinski definition) is 6. The van der Waals surface area contributed by atoms with Gasteiger partial charge in [-0.3, -0.25) is 4.90 Å². The van der Waals surface area contributed by atoms with Gasteiger partial charge in [0.1, 0.15) is 5.82 Å². The molecule has 0 spiro atoms. The van der Waals surface area contributed by atoms with Gasteiger partial charge in [0.25, 0.3) is 0 Å². The van der Waals surface area contributed by atoms with Crippen LogP contribution < -0.4 is 0 Å². The van der Waals surface area contributed by atoms with Crippen LogP contribution in [0.25, 0.3) is 22.8 Å². The van der Waals surface area contributed by atoms with E-state index in [1.165, 1.54) is 12.1 Å². The second-order valence-electron chi connectivity index (χ2n) is 8.19. The number of piperidine rings is 1. The molecule has 0 unspecified atom stereocenters. The van der Waals surface area contributed by atoms with Crippen LogP contribution in [0.2, 0.25) is 5.02 Å². The Bertz CT molecular complexity index is 1310. The van der Waals surface area contributed by atoms with Crippen molar-refractivity contribution in [2.45, 2.75) is 25.4 Å². The Labute approximate surface area is 200 Å². The highest BCUT2D eigenvalue weighted by molar-refractivity contribution is 7.71. The first-order valence-corrected chi connectivity index (χ1v) is 11.5. The van der Waals surface area contributed by atoms with Crippen molar-refractivity contribution in [3.8, 4) is 22.8 Å². The van der Waals surface area contributed by atoms with Crippen molar-refractivity contribution < 1.29 is 8.91 Å². The minimum absolute atomic E-state index is 0.120. The Balaban J connectivity index is 1.31. The smallest absolute Gasteiger partial charge is 0.231 e. The summed E-state index contributed by atoms with van der Waals surface area (Å²) >= 11 is 11.7. The van der Waals surface area contributed by atoms with Crippen molar-refractivity contribution in [3.63, 3.8) is 0 Å². The molecule has 2 aromatic heterocycles. The van der Waals surface area contributed by atoms with Gasteiger partial charge in [-0.25, -0.2) is 9.07 Å². The Morgan fingerprint density at radius 1 is 1.12 bits per heavy atom. The minimum Gasteiger partial charge on any atom is -0.339 e. The molecule has 10 heteroatoms. The summed E-state index contributed by atoms with van der Waals surface area (Å²) in [7, 11) is 1.92. The van der Waals surface area contributed by atoms with Gasteiger partial charge in [0.2, 0.25) is 11.7 Å². The fraction of sp³-hybridized carbons (Fsp3) is 0.304. The lowest BCUT2D eigenvalue weighted by Crippen LogP contribution is -2.36. The van der Waals surface area contributed by atoms with Crippen molar-refractivity contribution in [2.24, 2.45) is 7.05 Å². The summed E-state index contributed by atoms with van der Waals surface area (Å²) in [4.78, 5) is 6.87. The van der Waals surface area contributed by atoms with E-state index in [1.807, 2.05) is 40.6 Å². The fourth-order valence-electron chi connectivity index (χ4n) is 4.12. The summed E-state index contributed by atoms with van der Waals surface area (Å²) in [5.74, 6) is 1.70. The maximum absolute atomic E-state index is 13.2. The molecule has 0 N–H and O–H groups in total. The van der Waals surface area contributed by atoms with Gasteiger partial charge < -0.3 is 9.09 Å². The molecule has 170 valence electrons. The van der Waals surface area contributed by atoms with E-state index in [9.17, 15) is 4.39 Å². The molecule has 2 aromatic carbocycles. The van der Waals surface area contributed by atoms with E-state index >= 15 is 0 Å². The van der Waals surface area contributed by atoms with Gasteiger partial charge in [-0.15, -0.1) is 0 Å². The van der Waals surface area contributed by atoms with Crippen molar-refractivity contribution in [1.82, 2.24) is 29.4 Å². The highest BCUT2D eigenvalue weighted by atomic mass is 35.5. The Kier molecular flexibility index (Phi) is 6.09. The van der Waals surface area contributed by atoms with E-state index in [0.717, 1.165) is 42.9 Å². The lowest BCUT2D eigenvalue weighted by molar-refractivity contribution is 0.143. The monoisotopic (exact) mass is 484 g/mol. The molecule has 7 nitrogen and oxygen atoms in total. The molecular formula is C23H22ClFN6OS. The zero-order chi connectivity index (χ0) is 22.9.